The molecule has 0 saturated carbocycles. The first-order valence-electron chi connectivity index (χ1n) is 8.87. The van der Waals surface area contributed by atoms with Crippen molar-refractivity contribution in [2.75, 3.05) is 7.11 Å². The maximum Gasteiger partial charge on any atom is 0.266 e. The van der Waals surface area contributed by atoms with E-state index in [1.54, 1.807) is 18.2 Å². The number of methoxy groups -OCH3 is 1. The summed E-state index contributed by atoms with van der Waals surface area (Å²) in [5.41, 5.74) is -0.464. The van der Waals surface area contributed by atoms with E-state index in [4.69, 9.17) is 4.74 Å². The molecule has 0 saturated heterocycles. The fourth-order valence-electron chi connectivity index (χ4n) is 3.08. The second-order valence-electron chi connectivity index (χ2n) is 6.29. The molecule has 4 aromatic rings. The van der Waals surface area contributed by atoms with Crippen LogP contribution in [0, 0.1) is 11.6 Å². The number of para-hydroxylation sites is 2. The predicted molar refractivity (Wildman–Crippen MR) is 109 cm³/mol. The van der Waals surface area contributed by atoms with Crippen LogP contribution in [-0.2, 0) is 0 Å². The molecular formula is C22H15F2N3O3. The third kappa shape index (κ3) is 3.28. The molecule has 0 atom stereocenters. The van der Waals surface area contributed by atoms with Crippen LogP contribution in [0.3, 0.4) is 0 Å². The molecule has 0 fully saturated rings. The van der Waals surface area contributed by atoms with Crippen LogP contribution in [0.1, 0.15) is 11.4 Å². The first-order chi connectivity index (χ1) is 14.5. The summed E-state index contributed by atoms with van der Waals surface area (Å²) in [5, 5.41) is 10.4. The van der Waals surface area contributed by atoms with E-state index in [-0.39, 0.29) is 22.8 Å². The maximum absolute atomic E-state index is 14.5. The number of aromatic hydroxyl groups is 1. The van der Waals surface area contributed by atoms with Gasteiger partial charge in [-0.25, -0.2) is 18.7 Å². The summed E-state index contributed by atoms with van der Waals surface area (Å²) in [5.74, 6) is -2.03. The zero-order valence-electron chi connectivity index (χ0n) is 15.7. The Balaban J connectivity index is 1.99. The van der Waals surface area contributed by atoms with Crippen molar-refractivity contribution in [2.45, 2.75) is 0 Å². The van der Waals surface area contributed by atoms with Crippen molar-refractivity contribution in [3.05, 3.63) is 88.1 Å². The van der Waals surface area contributed by atoms with Gasteiger partial charge in [-0.05, 0) is 42.5 Å². The maximum atomic E-state index is 14.5. The van der Waals surface area contributed by atoms with Crippen LogP contribution < -0.4 is 10.3 Å². The number of hydrogen-bond acceptors (Lipinski definition) is 5. The van der Waals surface area contributed by atoms with Gasteiger partial charge in [0.25, 0.3) is 11.4 Å². The molecule has 0 radical (unpaired) electrons. The van der Waals surface area contributed by atoms with Gasteiger partial charge in [0.2, 0.25) is 0 Å². The molecule has 2 heterocycles. The van der Waals surface area contributed by atoms with Gasteiger partial charge in [0.15, 0.2) is 5.75 Å². The van der Waals surface area contributed by atoms with E-state index in [2.05, 4.69) is 9.97 Å². The van der Waals surface area contributed by atoms with Gasteiger partial charge in [-0.2, -0.15) is 0 Å². The van der Waals surface area contributed by atoms with Crippen LogP contribution in [-0.4, -0.2) is 26.8 Å². The summed E-state index contributed by atoms with van der Waals surface area (Å²) in [7, 11) is 1.36. The molecule has 8 heteroatoms. The first kappa shape index (κ1) is 19.3. The van der Waals surface area contributed by atoms with E-state index < -0.39 is 22.9 Å². The van der Waals surface area contributed by atoms with Gasteiger partial charge in [-0.15, -0.1) is 0 Å². The van der Waals surface area contributed by atoms with Crippen LogP contribution in [0.25, 0.3) is 28.7 Å². The van der Waals surface area contributed by atoms with Crippen molar-refractivity contribution < 1.29 is 18.6 Å². The summed E-state index contributed by atoms with van der Waals surface area (Å²) < 4.78 is 34.9. The minimum Gasteiger partial charge on any atom is -0.503 e. The highest BCUT2D eigenvalue weighted by molar-refractivity contribution is 5.80. The molecule has 0 aliphatic carbocycles. The van der Waals surface area contributed by atoms with E-state index in [0.29, 0.717) is 11.1 Å². The van der Waals surface area contributed by atoms with Crippen LogP contribution in [0.2, 0.25) is 0 Å². The lowest BCUT2D eigenvalue weighted by Gasteiger charge is -2.13. The Labute approximate surface area is 169 Å². The lowest BCUT2D eigenvalue weighted by molar-refractivity contribution is 0.358. The fraction of sp³-hybridized carbons (Fsp3) is 0.0455. The minimum absolute atomic E-state index is 0.0150. The smallest absolute Gasteiger partial charge is 0.266 e. The molecule has 2 aromatic carbocycles. The summed E-state index contributed by atoms with van der Waals surface area (Å²) in [6, 6.07) is 11.4. The summed E-state index contributed by atoms with van der Waals surface area (Å²) in [6.45, 7) is 0. The molecule has 0 amide bonds. The molecule has 6 nitrogen and oxygen atoms in total. The Morgan fingerprint density at radius 2 is 1.77 bits per heavy atom. The second-order valence-corrected chi connectivity index (χ2v) is 6.29. The van der Waals surface area contributed by atoms with Crippen molar-refractivity contribution in [1.82, 2.24) is 14.5 Å². The molecule has 150 valence electrons. The number of hydrogen-bond donors (Lipinski definition) is 1. The van der Waals surface area contributed by atoms with Crippen molar-refractivity contribution in [2.24, 2.45) is 0 Å². The standard InChI is InChI=1S/C22H15F2N3O3/c1-30-21-20(28)13(11-12-25-21)9-10-18-26-17-8-3-2-5-14(17)22(29)27(18)19-15(23)6-4-7-16(19)24/h2-12,28H,1H3/b10-9+. The Morgan fingerprint density at radius 1 is 1.03 bits per heavy atom. The third-order valence-electron chi connectivity index (χ3n) is 4.49. The zero-order chi connectivity index (χ0) is 21.3. The van der Waals surface area contributed by atoms with Crippen LogP contribution >= 0.6 is 0 Å². The van der Waals surface area contributed by atoms with Crippen molar-refractivity contribution in [3.63, 3.8) is 0 Å². The topological polar surface area (TPSA) is 77.2 Å². The number of nitrogens with zero attached hydrogens (tertiary/aromatic N) is 3. The van der Waals surface area contributed by atoms with E-state index in [1.165, 1.54) is 43.7 Å². The van der Waals surface area contributed by atoms with Crippen molar-refractivity contribution in [1.29, 1.82) is 0 Å². The number of fused-ring (bicyclic) bond motifs is 1. The van der Waals surface area contributed by atoms with Gasteiger partial charge in [-0.1, -0.05) is 18.2 Å². The number of rotatable bonds is 4. The molecule has 30 heavy (non-hydrogen) atoms. The van der Waals surface area contributed by atoms with Gasteiger partial charge in [-0.3, -0.25) is 9.36 Å². The average molecular weight is 407 g/mol. The Morgan fingerprint density at radius 3 is 2.50 bits per heavy atom. The molecule has 4 rings (SSSR count). The minimum atomic E-state index is -0.905. The highest BCUT2D eigenvalue weighted by Gasteiger charge is 2.18. The fourth-order valence-corrected chi connectivity index (χ4v) is 3.08. The molecule has 0 aliphatic rings. The van der Waals surface area contributed by atoms with Gasteiger partial charge >= 0.3 is 0 Å². The Bertz CT molecular complexity index is 1330. The Hall–Kier alpha value is -4.07. The van der Waals surface area contributed by atoms with Crippen molar-refractivity contribution >= 4 is 23.1 Å². The van der Waals surface area contributed by atoms with Crippen molar-refractivity contribution in [3.8, 4) is 17.3 Å². The number of benzene rings is 2. The third-order valence-corrected chi connectivity index (χ3v) is 4.49. The van der Waals surface area contributed by atoms with E-state index in [1.807, 2.05) is 0 Å². The molecule has 1 N–H and O–H groups in total. The first-order valence-corrected chi connectivity index (χ1v) is 8.87. The number of halogens is 2. The molecular weight excluding hydrogens is 392 g/mol. The second kappa shape index (κ2) is 7.75. The largest absolute Gasteiger partial charge is 0.503 e. The molecule has 0 spiro atoms. The quantitative estimate of drug-likeness (QED) is 0.555. The van der Waals surface area contributed by atoms with Gasteiger partial charge in [0.05, 0.1) is 18.0 Å². The normalized spacial score (nSPS) is 11.3. The SMILES string of the molecule is COc1nccc(/C=C/c2nc3ccccc3c(=O)n2-c2c(F)cccc2F)c1O. The molecule has 0 aliphatic heterocycles. The molecule has 0 bridgehead atoms. The number of pyridine rings is 1. The zero-order valence-corrected chi connectivity index (χ0v) is 15.7. The summed E-state index contributed by atoms with van der Waals surface area (Å²) >= 11 is 0. The lowest BCUT2D eigenvalue weighted by Crippen LogP contribution is -2.24. The summed E-state index contributed by atoms with van der Waals surface area (Å²) in [4.78, 5) is 21.4. The van der Waals surface area contributed by atoms with E-state index in [9.17, 15) is 18.7 Å². The predicted octanol–water partition coefficient (Wildman–Crippen LogP) is 3.94. The van der Waals surface area contributed by atoms with E-state index in [0.717, 1.165) is 16.7 Å². The summed E-state index contributed by atoms with van der Waals surface area (Å²) in [6.07, 6.45) is 4.26. The van der Waals surface area contributed by atoms with Crippen LogP contribution in [0.5, 0.6) is 11.6 Å². The average Bonchev–Trinajstić information content (AvgIpc) is 2.74. The number of aromatic nitrogens is 3. The lowest BCUT2D eigenvalue weighted by atomic mass is 10.2. The molecule has 0 unspecified atom stereocenters. The molecule has 2 aromatic heterocycles. The monoisotopic (exact) mass is 407 g/mol. The number of ether oxygens (including phenoxy) is 1. The van der Waals surface area contributed by atoms with E-state index >= 15 is 0 Å². The highest BCUT2D eigenvalue weighted by atomic mass is 19.1. The van der Waals surface area contributed by atoms with Gasteiger partial charge < -0.3 is 9.84 Å². The van der Waals surface area contributed by atoms with Crippen LogP contribution in [0.4, 0.5) is 8.78 Å². The Kier molecular flexibility index (Phi) is 4.97. The van der Waals surface area contributed by atoms with Gasteiger partial charge in [0.1, 0.15) is 23.1 Å². The van der Waals surface area contributed by atoms with Crippen LogP contribution in [0.15, 0.2) is 59.5 Å². The van der Waals surface area contributed by atoms with Gasteiger partial charge in [0, 0.05) is 11.8 Å². The highest BCUT2D eigenvalue weighted by Crippen LogP contribution is 2.28.